The minimum absolute atomic E-state index is 0.360. The van der Waals surface area contributed by atoms with Gasteiger partial charge in [0.15, 0.2) is 0 Å². The maximum Gasteiger partial charge on any atom is 0.331 e. The summed E-state index contributed by atoms with van der Waals surface area (Å²) in [7, 11) is 0. The van der Waals surface area contributed by atoms with Crippen molar-refractivity contribution in [2.45, 2.75) is 20.8 Å². The number of hydrogen-bond acceptors (Lipinski definition) is 1. The third-order valence-corrected chi connectivity index (χ3v) is 2.36. The number of carboxylic acids is 1. The first kappa shape index (κ1) is 10.5. The number of benzene rings is 1. The van der Waals surface area contributed by atoms with E-state index in [0.29, 0.717) is 5.57 Å². The van der Waals surface area contributed by atoms with Crippen LogP contribution in [0.5, 0.6) is 0 Å². The highest BCUT2D eigenvalue weighted by molar-refractivity contribution is 5.91. The lowest BCUT2D eigenvalue weighted by Gasteiger charge is -2.04. The van der Waals surface area contributed by atoms with Crippen LogP contribution in [0.25, 0.3) is 6.08 Å². The summed E-state index contributed by atoms with van der Waals surface area (Å²) < 4.78 is 0. The van der Waals surface area contributed by atoms with E-state index in [0.717, 1.165) is 11.1 Å². The molecule has 0 bridgehead atoms. The molecule has 2 heteroatoms. The van der Waals surface area contributed by atoms with Crippen LogP contribution in [0.1, 0.15) is 23.6 Å². The Balaban J connectivity index is 3.15. The molecule has 0 heterocycles. The van der Waals surface area contributed by atoms with Gasteiger partial charge in [-0.05, 0) is 43.5 Å². The molecule has 74 valence electrons. The summed E-state index contributed by atoms with van der Waals surface area (Å²) in [5.74, 6) is -0.870. The lowest BCUT2D eigenvalue weighted by atomic mass is 10.0. The Morgan fingerprint density at radius 1 is 1.36 bits per heavy atom. The van der Waals surface area contributed by atoms with E-state index in [1.54, 1.807) is 13.0 Å². The highest BCUT2D eigenvalue weighted by Crippen LogP contribution is 2.15. The second-order valence-corrected chi connectivity index (χ2v) is 3.42. The van der Waals surface area contributed by atoms with Crippen molar-refractivity contribution in [3.8, 4) is 0 Å². The van der Waals surface area contributed by atoms with Gasteiger partial charge in [0, 0.05) is 5.57 Å². The molecule has 0 aliphatic heterocycles. The van der Waals surface area contributed by atoms with Crippen LogP contribution in [-0.2, 0) is 4.79 Å². The maximum absolute atomic E-state index is 10.6. The summed E-state index contributed by atoms with van der Waals surface area (Å²) in [6.45, 7) is 5.61. The van der Waals surface area contributed by atoms with Gasteiger partial charge in [0.2, 0.25) is 0 Å². The van der Waals surface area contributed by atoms with E-state index in [1.807, 2.05) is 32.0 Å². The van der Waals surface area contributed by atoms with Gasteiger partial charge in [-0.15, -0.1) is 0 Å². The van der Waals surface area contributed by atoms with Crippen LogP contribution < -0.4 is 0 Å². The van der Waals surface area contributed by atoms with Crippen molar-refractivity contribution < 1.29 is 9.90 Å². The summed E-state index contributed by atoms with van der Waals surface area (Å²) in [5.41, 5.74) is 3.65. The van der Waals surface area contributed by atoms with Crippen LogP contribution in [0.2, 0.25) is 0 Å². The Morgan fingerprint density at radius 2 is 2.00 bits per heavy atom. The highest BCUT2D eigenvalue weighted by atomic mass is 16.4. The summed E-state index contributed by atoms with van der Waals surface area (Å²) in [6, 6.07) is 5.88. The molecule has 1 aromatic carbocycles. The molecule has 14 heavy (non-hydrogen) atoms. The SMILES string of the molecule is C/C(=C\c1cccc(C)c1C)C(=O)O. The number of hydrogen-bond donors (Lipinski definition) is 1. The van der Waals surface area contributed by atoms with Gasteiger partial charge in [-0.1, -0.05) is 18.2 Å². The van der Waals surface area contributed by atoms with E-state index in [-0.39, 0.29) is 0 Å². The first-order valence-electron chi connectivity index (χ1n) is 4.50. The number of carboxylic acid groups (broad SMARTS) is 1. The molecule has 1 aromatic rings. The van der Waals surface area contributed by atoms with Gasteiger partial charge in [-0.25, -0.2) is 4.79 Å². The standard InChI is InChI=1S/C12H14O2/c1-8-5-4-6-11(10(8)3)7-9(2)12(13)14/h4-7H,1-3H3,(H,13,14)/b9-7+. The zero-order chi connectivity index (χ0) is 10.7. The van der Waals surface area contributed by atoms with E-state index in [9.17, 15) is 4.79 Å². The van der Waals surface area contributed by atoms with Crippen LogP contribution in [0.15, 0.2) is 23.8 Å². The Labute approximate surface area is 83.9 Å². The molecule has 0 atom stereocenters. The third-order valence-electron chi connectivity index (χ3n) is 2.36. The van der Waals surface area contributed by atoms with Gasteiger partial charge in [0.25, 0.3) is 0 Å². The smallest absolute Gasteiger partial charge is 0.331 e. The van der Waals surface area contributed by atoms with Crippen LogP contribution in [0.4, 0.5) is 0 Å². The molecule has 0 fully saturated rings. The molecule has 0 radical (unpaired) electrons. The molecule has 0 saturated heterocycles. The van der Waals surface area contributed by atoms with Gasteiger partial charge in [-0.3, -0.25) is 0 Å². The average Bonchev–Trinajstić information content (AvgIpc) is 2.12. The minimum Gasteiger partial charge on any atom is -0.478 e. The highest BCUT2D eigenvalue weighted by Gasteiger charge is 2.02. The Bertz CT molecular complexity index is 389. The second kappa shape index (κ2) is 4.09. The average molecular weight is 190 g/mol. The lowest BCUT2D eigenvalue weighted by molar-refractivity contribution is -0.132. The molecule has 0 aliphatic carbocycles. The van der Waals surface area contributed by atoms with E-state index in [4.69, 9.17) is 5.11 Å². The van der Waals surface area contributed by atoms with Gasteiger partial charge in [0.05, 0.1) is 0 Å². The zero-order valence-corrected chi connectivity index (χ0v) is 8.66. The number of carbonyl (C=O) groups is 1. The fourth-order valence-electron chi connectivity index (χ4n) is 1.23. The van der Waals surface area contributed by atoms with Crippen molar-refractivity contribution >= 4 is 12.0 Å². The monoisotopic (exact) mass is 190 g/mol. The molecule has 1 rings (SSSR count). The molecule has 0 saturated carbocycles. The Hall–Kier alpha value is -1.57. The summed E-state index contributed by atoms with van der Waals surface area (Å²) in [6.07, 6.45) is 1.70. The minimum atomic E-state index is -0.870. The quantitative estimate of drug-likeness (QED) is 0.728. The molecular formula is C12H14O2. The number of aryl methyl sites for hydroxylation is 1. The van der Waals surface area contributed by atoms with Crippen molar-refractivity contribution in [2.75, 3.05) is 0 Å². The fraction of sp³-hybridized carbons (Fsp3) is 0.250. The molecule has 1 N–H and O–H groups in total. The van der Waals surface area contributed by atoms with Crippen molar-refractivity contribution in [3.05, 3.63) is 40.5 Å². The van der Waals surface area contributed by atoms with E-state index in [1.165, 1.54) is 5.56 Å². The van der Waals surface area contributed by atoms with Crippen molar-refractivity contribution in [1.82, 2.24) is 0 Å². The van der Waals surface area contributed by atoms with E-state index >= 15 is 0 Å². The summed E-state index contributed by atoms with van der Waals surface area (Å²) in [4.78, 5) is 10.6. The predicted molar refractivity (Wildman–Crippen MR) is 57.2 cm³/mol. The molecule has 0 aromatic heterocycles. The van der Waals surface area contributed by atoms with Crippen LogP contribution in [-0.4, -0.2) is 11.1 Å². The molecule has 2 nitrogen and oxygen atoms in total. The maximum atomic E-state index is 10.6. The zero-order valence-electron chi connectivity index (χ0n) is 8.66. The van der Waals surface area contributed by atoms with Gasteiger partial charge >= 0.3 is 5.97 Å². The topological polar surface area (TPSA) is 37.3 Å². The van der Waals surface area contributed by atoms with E-state index in [2.05, 4.69) is 0 Å². The Kier molecular flexibility index (Phi) is 3.07. The molecule has 0 amide bonds. The fourth-order valence-corrected chi connectivity index (χ4v) is 1.23. The molecule has 0 spiro atoms. The van der Waals surface area contributed by atoms with Gasteiger partial charge in [-0.2, -0.15) is 0 Å². The largest absolute Gasteiger partial charge is 0.478 e. The van der Waals surface area contributed by atoms with Crippen molar-refractivity contribution in [1.29, 1.82) is 0 Å². The van der Waals surface area contributed by atoms with E-state index < -0.39 is 5.97 Å². The summed E-state index contributed by atoms with van der Waals surface area (Å²) in [5, 5.41) is 8.74. The van der Waals surface area contributed by atoms with Crippen LogP contribution >= 0.6 is 0 Å². The van der Waals surface area contributed by atoms with Gasteiger partial charge in [0.1, 0.15) is 0 Å². The number of aliphatic carboxylic acids is 1. The Morgan fingerprint density at radius 3 is 2.57 bits per heavy atom. The molecule has 0 unspecified atom stereocenters. The van der Waals surface area contributed by atoms with Crippen molar-refractivity contribution in [2.24, 2.45) is 0 Å². The van der Waals surface area contributed by atoms with Crippen LogP contribution in [0, 0.1) is 13.8 Å². The first-order valence-corrected chi connectivity index (χ1v) is 4.50. The lowest BCUT2D eigenvalue weighted by Crippen LogP contribution is -1.96. The first-order chi connectivity index (χ1) is 6.52. The van der Waals surface area contributed by atoms with Gasteiger partial charge < -0.3 is 5.11 Å². The third kappa shape index (κ3) is 2.22. The van der Waals surface area contributed by atoms with Crippen molar-refractivity contribution in [3.63, 3.8) is 0 Å². The predicted octanol–water partition coefficient (Wildman–Crippen LogP) is 2.79. The summed E-state index contributed by atoms with van der Waals surface area (Å²) >= 11 is 0. The normalized spacial score (nSPS) is 11.5. The molecular weight excluding hydrogens is 176 g/mol. The second-order valence-electron chi connectivity index (χ2n) is 3.42. The number of rotatable bonds is 2. The molecule has 0 aliphatic rings. The van der Waals surface area contributed by atoms with Crippen LogP contribution in [0.3, 0.4) is 0 Å².